The molecule has 0 saturated carbocycles. The third kappa shape index (κ3) is 2.37. The second kappa shape index (κ2) is 5.20. The zero-order valence-electron chi connectivity index (χ0n) is 12.0. The molecule has 21 heavy (non-hydrogen) atoms. The molecule has 3 rings (SSSR count). The number of amides is 1. The number of carbonyl (C=O) groups is 1. The molecule has 2 heterocycles. The SMILES string of the molecule is CN(C)C(=O)c1cnn2c1NCCC2c1ccc(F)cc1. The lowest BCUT2D eigenvalue weighted by molar-refractivity contribution is 0.0828. The summed E-state index contributed by atoms with van der Waals surface area (Å²) in [5.41, 5.74) is 1.55. The van der Waals surface area contributed by atoms with Crippen LogP contribution in [-0.4, -0.2) is 41.2 Å². The molecule has 0 aliphatic carbocycles. The Bertz CT molecular complexity index is 663. The molecule has 0 radical (unpaired) electrons. The summed E-state index contributed by atoms with van der Waals surface area (Å²) >= 11 is 0. The average molecular weight is 288 g/mol. The Morgan fingerprint density at radius 2 is 2.10 bits per heavy atom. The van der Waals surface area contributed by atoms with Crippen molar-refractivity contribution in [2.45, 2.75) is 12.5 Å². The highest BCUT2D eigenvalue weighted by Gasteiger charge is 2.27. The van der Waals surface area contributed by atoms with E-state index >= 15 is 0 Å². The maximum Gasteiger partial charge on any atom is 0.258 e. The largest absolute Gasteiger partial charge is 0.369 e. The first-order valence-corrected chi connectivity index (χ1v) is 6.86. The second-order valence-corrected chi connectivity index (χ2v) is 5.33. The first kappa shape index (κ1) is 13.6. The van der Waals surface area contributed by atoms with E-state index in [0.29, 0.717) is 5.56 Å². The minimum Gasteiger partial charge on any atom is -0.369 e. The molecular formula is C15H17FN4O. The molecule has 1 aliphatic heterocycles. The molecule has 0 spiro atoms. The molecule has 1 aromatic carbocycles. The number of halogens is 1. The average Bonchev–Trinajstić information content (AvgIpc) is 2.91. The van der Waals surface area contributed by atoms with E-state index in [2.05, 4.69) is 10.4 Å². The van der Waals surface area contributed by atoms with Crippen molar-refractivity contribution in [1.29, 1.82) is 0 Å². The quantitative estimate of drug-likeness (QED) is 0.921. The second-order valence-electron chi connectivity index (χ2n) is 5.33. The Morgan fingerprint density at radius 1 is 1.38 bits per heavy atom. The number of hydrogen-bond acceptors (Lipinski definition) is 3. The minimum absolute atomic E-state index is 0.0190. The molecule has 2 aromatic rings. The molecule has 0 fully saturated rings. The van der Waals surface area contributed by atoms with Gasteiger partial charge < -0.3 is 10.2 Å². The lowest BCUT2D eigenvalue weighted by atomic mass is 10.0. The van der Waals surface area contributed by atoms with E-state index in [1.165, 1.54) is 17.0 Å². The molecule has 5 nitrogen and oxygen atoms in total. The van der Waals surface area contributed by atoms with Gasteiger partial charge in [0.25, 0.3) is 5.91 Å². The van der Waals surface area contributed by atoms with Crippen molar-refractivity contribution >= 4 is 11.7 Å². The number of carbonyl (C=O) groups excluding carboxylic acids is 1. The van der Waals surface area contributed by atoms with Gasteiger partial charge in [-0.3, -0.25) is 4.79 Å². The Morgan fingerprint density at radius 3 is 2.76 bits per heavy atom. The van der Waals surface area contributed by atoms with Crippen LogP contribution in [0.3, 0.4) is 0 Å². The van der Waals surface area contributed by atoms with Crippen LogP contribution < -0.4 is 5.32 Å². The van der Waals surface area contributed by atoms with Gasteiger partial charge in [0.15, 0.2) is 0 Å². The molecule has 1 aliphatic rings. The number of nitrogens with one attached hydrogen (secondary N) is 1. The summed E-state index contributed by atoms with van der Waals surface area (Å²) in [7, 11) is 3.43. The molecule has 1 amide bonds. The van der Waals surface area contributed by atoms with E-state index in [-0.39, 0.29) is 17.8 Å². The summed E-state index contributed by atoms with van der Waals surface area (Å²) < 4.78 is 14.9. The Hall–Kier alpha value is -2.37. The van der Waals surface area contributed by atoms with Crippen LogP contribution in [0.4, 0.5) is 10.2 Å². The standard InChI is InChI=1S/C15H17FN4O/c1-19(2)15(21)12-9-18-20-13(7-8-17-14(12)20)10-3-5-11(16)6-4-10/h3-6,9,13,17H,7-8H2,1-2H3. The van der Waals surface area contributed by atoms with Crippen molar-refractivity contribution in [3.8, 4) is 0 Å². The maximum atomic E-state index is 13.1. The van der Waals surface area contributed by atoms with Crippen LogP contribution in [-0.2, 0) is 0 Å². The van der Waals surface area contributed by atoms with Crippen molar-refractivity contribution in [3.05, 3.63) is 47.4 Å². The fourth-order valence-electron chi connectivity index (χ4n) is 2.61. The third-order valence-electron chi connectivity index (χ3n) is 3.69. The van der Waals surface area contributed by atoms with Crippen LogP contribution in [0.2, 0.25) is 0 Å². The molecule has 110 valence electrons. The fourth-order valence-corrected chi connectivity index (χ4v) is 2.61. The van der Waals surface area contributed by atoms with Crippen molar-refractivity contribution in [2.75, 3.05) is 26.0 Å². The number of hydrogen-bond donors (Lipinski definition) is 1. The Labute approximate surface area is 122 Å². The van der Waals surface area contributed by atoms with E-state index in [0.717, 1.165) is 24.3 Å². The number of benzene rings is 1. The molecule has 1 atom stereocenters. The molecule has 6 heteroatoms. The number of nitrogens with zero attached hydrogens (tertiary/aromatic N) is 3. The summed E-state index contributed by atoms with van der Waals surface area (Å²) in [6, 6.07) is 6.46. The van der Waals surface area contributed by atoms with Crippen molar-refractivity contribution in [2.24, 2.45) is 0 Å². The van der Waals surface area contributed by atoms with Gasteiger partial charge in [-0.15, -0.1) is 0 Å². The minimum atomic E-state index is -0.253. The van der Waals surface area contributed by atoms with E-state index in [1.54, 1.807) is 32.4 Å². The summed E-state index contributed by atoms with van der Waals surface area (Å²) in [4.78, 5) is 13.7. The zero-order valence-corrected chi connectivity index (χ0v) is 12.0. The normalized spacial score (nSPS) is 17.0. The number of aromatic nitrogens is 2. The van der Waals surface area contributed by atoms with Crippen LogP contribution in [0.5, 0.6) is 0 Å². The summed E-state index contributed by atoms with van der Waals surface area (Å²) in [6.45, 7) is 0.751. The van der Waals surface area contributed by atoms with Gasteiger partial charge in [0.05, 0.1) is 12.2 Å². The van der Waals surface area contributed by atoms with E-state index in [4.69, 9.17) is 0 Å². The van der Waals surface area contributed by atoms with Crippen LogP contribution in [0, 0.1) is 5.82 Å². The van der Waals surface area contributed by atoms with Gasteiger partial charge >= 0.3 is 0 Å². The third-order valence-corrected chi connectivity index (χ3v) is 3.69. The maximum absolute atomic E-state index is 13.1. The Balaban J connectivity index is 1.99. The fraction of sp³-hybridized carbons (Fsp3) is 0.333. The van der Waals surface area contributed by atoms with Crippen molar-refractivity contribution in [1.82, 2.24) is 14.7 Å². The van der Waals surface area contributed by atoms with Crippen LogP contribution in [0.15, 0.2) is 30.5 Å². The lowest BCUT2D eigenvalue weighted by Crippen LogP contribution is -2.27. The predicted molar refractivity (Wildman–Crippen MR) is 77.9 cm³/mol. The predicted octanol–water partition coefficient (Wildman–Crippen LogP) is 2.13. The number of rotatable bonds is 2. The topological polar surface area (TPSA) is 50.2 Å². The van der Waals surface area contributed by atoms with E-state index < -0.39 is 0 Å². The van der Waals surface area contributed by atoms with E-state index in [9.17, 15) is 9.18 Å². The van der Waals surface area contributed by atoms with Gasteiger partial charge in [-0.25, -0.2) is 9.07 Å². The van der Waals surface area contributed by atoms with E-state index in [1.807, 2.05) is 4.68 Å². The lowest BCUT2D eigenvalue weighted by Gasteiger charge is -2.27. The molecule has 1 N–H and O–H groups in total. The zero-order chi connectivity index (χ0) is 15.0. The summed E-state index contributed by atoms with van der Waals surface area (Å²) in [5.74, 6) is 0.398. The molecule has 1 aromatic heterocycles. The van der Waals surface area contributed by atoms with Crippen molar-refractivity contribution in [3.63, 3.8) is 0 Å². The van der Waals surface area contributed by atoms with Gasteiger partial charge in [-0.1, -0.05) is 12.1 Å². The smallest absolute Gasteiger partial charge is 0.258 e. The van der Waals surface area contributed by atoms with Crippen LogP contribution >= 0.6 is 0 Å². The number of fused-ring (bicyclic) bond motifs is 1. The van der Waals surface area contributed by atoms with Gasteiger partial charge in [0.1, 0.15) is 17.2 Å². The molecular weight excluding hydrogens is 271 g/mol. The molecule has 1 unspecified atom stereocenters. The van der Waals surface area contributed by atoms with Gasteiger partial charge in [0, 0.05) is 20.6 Å². The summed E-state index contributed by atoms with van der Waals surface area (Å²) in [5, 5.41) is 7.59. The Kier molecular flexibility index (Phi) is 3.37. The highest BCUT2D eigenvalue weighted by Crippen LogP contribution is 2.31. The highest BCUT2D eigenvalue weighted by molar-refractivity contribution is 5.98. The first-order chi connectivity index (χ1) is 10.1. The first-order valence-electron chi connectivity index (χ1n) is 6.86. The van der Waals surface area contributed by atoms with Gasteiger partial charge in [-0.2, -0.15) is 5.10 Å². The summed E-state index contributed by atoms with van der Waals surface area (Å²) in [6.07, 6.45) is 2.43. The highest BCUT2D eigenvalue weighted by atomic mass is 19.1. The van der Waals surface area contributed by atoms with Crippen LogP contribution in [0.1, 0.15) is 28.4 Å². The molecule has 0 bridgehead atoms. The van der Waals surface area contributed by atoms with Crippen molar-refractivity contribution < 1.29 is 9.18 Å². The van der Waals surface area contributed by atoms with Gasteiger partial charge in [0.2, 0.25) is 0 Å². The molecule has 0 saturated heterocycles. The van der Waals surface area contributed by atoms with Crippen LogP contribution in [0.25, 0.3) is 0 Å². The monoisotopic (exact) mass is 288 g/mol. The number of anilines is 1. The van der Waals surface area contributed by atoms with Gasteiger partial charge in [-0.05, 0) is 24.1 Å².